The Labute approximate surface area is 81.5 Å². The summed E-state index contributed by atoms with van der Waals surface area (Å²) in [4.78, 5) is 0. The van der Waals surface area contributed by atoms with Crippen molar-refractivity contribution in [3.63, 3.8) is 0 Å². The van der Waals surface area contributed by atoms with Gasteiger partial charge in [-0.2, -0.15) is 0 Å². The maximum Gasteiger partial charge on any atom is 0.0523 e. The highest BCUT2D eigenvalue weighted by Crippen LogP contribution is 2.21. The summed E-state index contributed by atoms with van der Waals surface area (Å²) >= 11 is 0. The number of rotatable bonds is 1. The van der Waals surface area contributed by atoms with Gasteiger partial charge < -0.3 is 0 Å². The fraction of sp³-hybridized carbons (Fsp3) is 0.636. The SMILES string of the molecule is CC(C)N1C=CC=CN1C(C)(C)C. The van der Waals surface area contributed by atoms with Crippen LogP contribution < -0.4 is 0 Å². The molecule has 2 heteroatoms. The molecule has 0 atom stereocenters. The van der Waals surface area contributed by atoms with E-state index >= 15 is 0 Å². The summed E-state index contributed by atoms with van der Waals surface area (Å²) in [6.07, 6.45) is 8.39. The van der Waals surface area contributed by atoms with Crippen LogP contribution >= 0.6 is 0 Å². The fourth-order valence-electron chi connectivity index (χ4n) is 1.41. The zero-order valence-electron chi connectivity index (χ0n) is 9.28. The van der Waals surface area contributed by atoms with Gasteiger partial charge in [-0.1, -0.05) is 0 Å². The van der Waals surface area contributed by atoms with Crippen molar-refractivity contribution in [1.29, 1.82) is 0 Å². The molecule has 0 radical (unpaired) electrons. The predicted octanol–water partition coefficient (Wildman–Crippen LogP) is 2.75. The average Bonchev–Trinajstić information content (AvgIpc) is 2.03. The molecule has 0 fully saturated rings. The van der Waals surface area contributed by atoms with Crippen LogP contribution in [-0.4, -0.2) is 21.6 Å². The predicted molar refractivity (Wildman–Crippen MR) is 56.8 cm³/mol. The Hall–Kier alpha value is -0.920. The van der Waals surface area contributed by atoms with Gasteiger partial charge in [-0.15, -0.1) is 0 Å². The minimum atomic E-state index is 0.144. The van der Waals surface area contributed by atoms with E-state index in [1.54, 1.807) is 0 Å². The Morgan fingerprint density at radius 2 is 1.54 bits per heavy atom. The molecule has 1 rings (SSSR count). The van der Waals surface area contributed by atoms with Crippen LogP contribution in [0.2, 0.25) is 0 Å². The van der Waals surface area contributed by atoms with Gasteiger partial charge in [-0.3, -0.25) is 10.0 Å². The molecule has 0 bridgehead atoms. The third kappa shape index (κ3) is 2.27. The quantitative estimate of drug-likeness (QED) is 0.612. The molecule has 0 saturated heterocycles. The summed E-state index contributed by atoms with van der Waals surface area (Å²) in [6.45, 7) is 11.0. The maximum atomic E-state index is 2.26. The third-order valence-electron chi connectivity index (χ3n) is 2.04. The smallest absolute Gasteiger partial charge is 0.0523 e. The van der Waals surface area contributed by atoms with Crippen molar-refractivity contribution in [1.82, 2.24) is 10.0 Å². The van der Waals surface area contributed by atoms with Crippen LogP contribution in [-0.2, 0) is 0 Å². The molecule has 0 aliphatic carbocycles. The number of hydrazine groups is 1. The second-order valence-corrected chi connectivity index (χ2v) is 4.67. The highest BCUT2D eigenvalue weighted by Gasteiger charge is 2.24. The third-order valence-corrected chi connectivity index (χ3v) is 2.04. The molecule has 0 spiro atoms. The van der Waals surface area contributed by atoms with Crippen molar-refractivity contribution >= 4 is 0 Å². The van der Waals surface area contributed by atoms with Crippen LogP contribution in [0, 0.1) is 0 Å². The summed E-state index contributed by atoms with van der Waals surface area (Å²) in [5, 5.41) is 4.51. The van der Waals surface area contributed by atoms with E-state index in [-0.39, 0.29) is 5.54 Å². The van der Waals surface area contributed by atoms with E-state index in [2.05, 4.69) is 69.2 Å². The van der Waals surface area contributed by atoms with Gasteiger partial charge in [0.15, 0.2) is 0 Å². The lowest BCUT2D eigenvalue weighted by Crippen LogP contribution is -2.50. The summed E-state index contributed by atoms with van der Waals surface area (Å²) in [6, 6.07) is 0.500. The van der Waals surface area contributed by atoms with E-state index in [4.69, 9.17) is 0 Å². The standard InChI is InChI=1S/C11H20N2/c1-10(2)12-8-6-7-9-13(12)11(3,4)5/h6-10H,1-5H3. The molecule has 2 nitrogen and oxygen atoms in total. The van der Waals surface area contributed by atoms with Crippen LogP contribution in [0.15, 0.2) is 24.6 Å². The highest BCUT2D eigenvalue weighted by atomic mass is 15.6. The Kier molecular flexibility index (Phi) is 2.69. The van der Waals surface area contributed by atoms with Crippen LogP contribution in [0.5, 0.6) is 0 Å². The van der Waals surface area contributed by atoms with Crippen LogP contribution in [0.3, 0.4) is 0 Å². The number of hydrogen-bond acceptors (Lipinski definition) is 2. The average molecular weight is 180 g/mol. The molecule has 1 aliphatic heterocycles. The molecule has 0 aromatic carbocycles. The summed E-state index contributed by atoms with van der Waals surface area (Å²) < 4.78 is 0. The molecule has 1 heterocycles. The van der Waals surface area contributed by atoms with Crippen LogP contribution in [0.4, 0.5) is 0 Å². The lowest BCUT2D eigenvalue weighted by Gasteiger charge is -2.46. The molecule has 0 aromatic heterocycles. The Morgan fingerprint density at radius 1 is 1.00 bits per heavy atom. The second-order valence-electron chi connectivity index (χ2n) is 4.67. The van der Waals surface area contributed by atoms with Gasteiger partial charge in [0.05, 0.1) is 5.54 Å². The number of hydrogen-bond donors (Lipinski definition) is 0. The maximum absolute atomic E-state index is 2.26. The van der Waals surface area contributed by atoms with Crippen molar-refractivity contribution in [2.75, 3.05) is 0 Å². The first kappa shape index (κ1) is 10.2. The molecule has 0 N–H and O–H groups in total. The van der Waals surface area contributed by atoms with E-state index in [0.717, 1.165) is 0 Å². The molecule has 0 amide bonds. The Bertz CT molecular complexity index is 221. The molecule has 74 valence electrons. The normalized spacial score (nSPS) is 17.4. The Balaban J connectivity index is 2.83. The molecule has 0 unspecified atom stereocenters. The summed E-state index contributed by atoms with van der Waals surface area (Å²) in [5.74, 6) is 0. The van der Waals surface area contributed by atoms with Crippen LogP contribution in [0.1, 0.15) is 34.6 Å². The van der Waals surface area contributed by atoms with Gasteiger partial charge >= 0.3 is 0 Å². The van der Waals surface area contributed by atoms with Crippen LogP contribution in [0.25, 0.3) is 0 Å². The monoisotopic (exact) mass is 180 g/mol. The molecule has 0 saturated carbocycles. The second kappa shape index (κ2) is 3.44. The first-order valence-corrected chi connectivity index (χ1v) is 4.85. The van der Waals surface area contributed by atoms with E-state index in [1.165, 1.54) is 0 Å². The molecule has 13 heavy (non-hydrogen) atoms. The largest absolute Gasteiger partial charge is 0.290 e. The molecular weight excluding hydrogens is 160 g/mol. The van der Waals surface area contributed by atoms with E-state index in [0.29, 0.717) is 6.04 Å². The van der Waals surface area contributed by atoms with E-state index < -0.39 is 0 Å². The van der Waals surface area contributed by atoms with E-state index in [9.17, 15) is 0 Å². The molecular formula is C11H20N2. The minimum absolute atomic E-state index is 0.144. The lowest BCUT2D eigenvalue weighted by atomic mass is 10.1. The van der Waals surface area contributed by atoms with Gasteiger partial charge in [0.25, 0.3) is 0 Å². The lowest BCUT2D eigenvalue weighted by molar-refractivity contribution is -0.0304. The van der Waals surface area contributed by atoms with Crippen molar-refractivity contribution in [3.8, 4) is 0 Å². The topological polar surface area (TPSA) is 6.48 Å². The number of allylic oxidation sites excluding steroid dienone is 2. The number of nitrogens with zero attached hydrogens (tertiary/aromatic N) is 2. The van der Waals surface area contributed by atoms with Gasteiger partial charge in [0, 0.05) is 18.4 Å². The first-order chi connectivity index (χ1) is 5.93. The zero-order valence-corrected chi connectivity index (χ0v) is 9.28. The van der Waals surface area contributed by atoms with Gasteiger partial charge in [0.2, 0.25) is 0 Å². The van der Waals surface area contributed by atoms with Gasteiger partial charge in [0.1, 0.15) is 0 Å². The van der Waals surface area contributed by atoms with Crippen molar-refractivity contribution in [2.45, 2.75) is 46.2 Å². The van der Waals surface area contributed by atoms with Gasteiger partial charge in [-0.05, 0) is 46.8 Å². The molecule has 0 aromatic rings. The fourth-order valence-corrected chi connectivity index (χ4v) is 1.41. The van der Waals surface area contributed by atoms with Gasteiger partial charge in [-0.25, -0.2) is 0 Å². The molecule has 1 aliphatic rings. The van der Waals surface area contributed by atoms with Crippen molar-refractivity contribution < 1.29 is 0 Å². The summed E-state index contributed by atoms with van der Waals surface area (Å²) in [5.41, 5.74) is 0.144. The Morgan fingerprint density at radius 3 is 1.92 bits per heavy atom. The zero-order chi connectivity index (χ0) is 10.1. The summed E-state index contributed by atoms with van der Waals surface area (Å²) in [7, 11) is 0. The van der Waals surface area contributed by atoms with E-state index in [1.807, 2.05) is 0 Å². The van der Waals surface area contributed by atoms with Crippen molar-refractivity contribution in [2.24, 2.45) is 0 Å². The van der Waals surface area contributed by atoms with Crippen molar-refractivity contribution in [3.05, 3.63) is 24.6 Å². The highest BCUT2D eigenvalue weighted by molar-refractivity contribution is 5.08. The minimum Gasteiger partial charge on any atom is -0.290 e. The first-order valence-electron chi connectivity index (χ1n) is 4.85.